The normalized spacial score (nSPS) is 26.3. The maximum Gasteiger partial charge on any atom is 0.131 e. The van der Waals surface area contributed by atoms with Crippen molar-refractivity contribution in [3.63, 3.8) is 0 Å². The molecule has 1 aliphatic heterocycles. The van der Waals surface area contributed by atoms with E-state index in [4.69, 9.17) is 0 Å². The van der Waals surface area contributed by atoms with Crippen molar-refractivity contribution in [2.45, 2.75) is 32.2 Å². The zero-order valence-corrected chi connectivity index (χ0v) is 13.8. The SMILES string of the molecule is Cc1cccc(N2CCC3(CC(N(C)c4ccncn4)C3)C2)n1. The minimum atomic E-state index is 0.470. The third kappa shape index (κ3) is 2.64. The van der Waals surface area contributed by atoms with Crippen LogP contribution < -0.4 is 9.80 Å². The Balaban J connectivity index is 1.40. The summed E-state index contributed by atoms with van der Waals surface area (Å²) in [6.07, 6.45) is 7.21. The predicted octanol–water partition coefficient (Wildman–Crippen LogP) is 2.68. The lowest BCUT2D eigenvalue weighted by molar-refractivity contribution is 0.128. The molecule has 0 atom stereocenters. The monoisotopic (exact) mass is 309 g/mol. The number of hydrogen-bond donors (Lipinski definition) is 0. The molecule has 1 saturated heterocycles. The second-order valence-corrected chi connectivity index (χ2v) is 7.05. The molecule has 0 radical (unpaired) electrons. The molecule has 5 nitrogen and oxygen atoms in total. The van der Waals surface area contributed by atoms with E-state index in [1.807, 2.05) is 12.3 Å². The van der Waals surface area contributed by atoms with Crippen molar-refractivity contribution in [1.82, 2.24) is 15.0 Å². The van der Waals surface area contributed by atoms with E-state index in [0.717, 1.165) is 30.4 Å². The molecule has 0 N–H and O–H groups in total. The maximum atomic E-state index is 4.68. The molecule has 2 fully saturated rings. The molecule has 23 heavy (non-hydrogen) atoms. The van der Waals surface area contributed by atoms with Crippen LogP contribution in [0.15, 0.2) is 36.8 Å². The van der Waals surface area contributed by atoms with Crippen molar-refractivity contribution in [1.29, 1.82) is 0 Å². The molecule has 1 aliphatic carbocycles. The largest absolute Gasteiger partial charge is 0.357 e. The van der Waals surface area contributed by atoms with Crippen molar-refractivity contribution < 1.29 is 0 Å². The van der Waals surface area contributed by atoms with Crippen LogP contribution in [0.4, 0.5) is 11.6 Å². The molecule has 2 aliphatic rings. The Labute approximate surface area is 137 Å². The number of anilines is 2. The lowest BCUT2D eigenvalue weighted by Gasteiger charge is -2.49. The highest BCUT2D eigenvalue weighted by Crippen LogP contribution is 2.50. The van der Waals surface area contributed by atoms with Gasteiger partial charge in [-0.3, -0.25) is 0 Å². The van der Waals surface area contributed by atoms with Gasteiger partial charge in [0.15, 0.2) is 0 Å². The van der Waals surface area contributed by atoms with Gasteiger partial charge in [0, 0.05) is 38.1 Å². The summed E-state index contributed by atoms with van der Waals surface area (Å²) < 4.78 is 0. The Kier molecular flexibility index (Phi) is 3.43. The van der Waals surface area contributed by atoms with Gasteiger partial charge in [-0.05, 0) is 49.8 Å². The van der Waals surface area contributed by atoms with Crippen LogP contribution in [0.25, 0.3) is 0 Å². The summed E-state index contributed by atoms with van der Waals surface area (Å²) >= 11 is 0. The summed E-state index contributed by atoms with van der Waals surface area (Å²) in [5.41, 5.74) is 1.57. The summed E-state index contributed by atoms with van der Waals surface area (Å²) in [6, 6.07) is 8.88. The van der Waals surface area contributed by atoms with Gasteiger partial charge in [-0.25, -0.2) is 15.0 Å². The van der Waals surface area contributed by atoms with Crippen LogP contribution in [0.1, 0.15) is 25.0 Å². The first-order valence-corrected chi connectivity index (χ1v) is 8.33. The van der Waals surface area contributed by atoms with Crippen molar-refractivity contribution in [3.05, 3.63) is 42.5 Å². The van der Waals surface area contributed by atoms with E-state index >= 15 is 0 Å². The number of aryl methyl sites for hydroxylation is 1. The lowest BCUT2D eigenvalue weighted by Crippen LogP contribution is -2.51. The van der Waals surface area contributed by atoms with E-state index in [1.54, 1.807) is 6.33 Å². The third-order valence-corrected chi connectivity index (χ3v) is 5.45. The molecule has 0 unspecified atom stereocenters. The van der Waals surface area contributed by atoms with Crippen LogP contribution in [0.2, 0.25) is 0 Å². The minimum Gasteiger partial charge on any atom is -0.357 e. The summed E-state index contributed by atoms with van der Waals surface area (Å²) in [7, 11) is 2.15. The highest BCUT2D eigenvalue weighted by atomic mass is 15.2. The first-order chi connectivity index (χ1) is 11.2. The van der Waals surface area contributed by atoms with Crippen molar-refractivity contribution >= 4 is 11.6 Å². The maximum absolute atomic E-state index is 4.68. The molecular formula is C18H23N5. The first kappa shape index (κ1) is 14.4. The summed E-state index contributed by atoms with van der Waals surface area (Å²) in [5, 5.41) is 0. The Morgan fingerprint density at radius 1 is 1.26 bits per heavy atom. The van der Waals surface area contributed by atoms with Gasteiger partial charge in [0.1, 0.15) is 18.0 Å². The zero-order chi connectivity index (χ0) is 15.9. The molecule has 0 amide bonds. The van der Waals surface area contributed by atoms with E-state index in [0.29, 0.717) is 11.5 Å². The van der Waals surface area contributed by atoms with E-state index in [9.17, 15) is 0 Å². The highest BCUT2D eigenvalue weighted by Gasteiger charge is 2.50. The molecule has 5 heteroatoms. The fourth-order valence-corrected chi connectivity index (χ4v) is 4.06. The summed E-state index contributed by atoms with van der Waals surface area (Å²) in [4.78, 5) is 17.8. The average Bonchev–Trinajstić information content (AvgIpc) is 2.99. The number of hydrogen-bond acceptors (Lipinski definition) is 5. The van der Waals surface area contributed by atoms with Gasteiger partial charge >= 0.3 is 0 Å². The Bertz CT molecular complexity index is 681. The Morgan fingerprint density at radius 3 is 2.87 bits per heavy atom. The fourth-order valence-electron chi connectivity index (χ4n) is 4.06. The highest BCUT2D eigenvalue weighted by molar-refractivity contribution is 5.43. The van der Waals surface area contributed by atoms with E-state index in [2.05, 4.69) is 56.9 Å². The van der Waals surface area contributed by atoms with Crippen molar-refractivity contribution in [2.24, 2.45) is 5.41 Å². The predicted molar refractivity (Wildman–Crippen MR) is 91.7 cm³/mol. The standard InChI is InChI=1S/C18H23N5/c1-14-4-3-5-17(21-14)23-9-7-18(12-23)10-15(11-18)22(2)16-6-8-19-13-20-16/h3-6,8,13,15H,7,9-12H2,1-2H3. The molecule has 2 aromatic heterocycles. The Morgan fingerprint density at radius 2 is 2.13 bits per heavy atom. The molecule has 4 rings (SSSR count). The van der Waals surface area contributed by atoms with E-state index in [-0.39, 0.29) is 0 Å². The van der Waals surface area contributed by atoms with Gasteiger partial charge in [-0.2, -0.15) is 0 Å². The molecule has 1 spiro atoms. The van der Waals surface area contributed by atoms with Crippen LogP contribution in [-0.2, 0) is 0 Å². The van der Waals surface area contributed by atoms with E-state index in [1.165, 1.54) is 19.3 Å². The van der Waals surface area contributed by atoms with Crippen LogP contribution in [-0.4, -0.2) is 41.1 Å². The first-order valence-electron chi connectivity index (χ1n) is 8.33. The van der Waals surface area contributed by atoms with Gasteiger partial charge in [0.05, 0.1) is 0 Å². The zero-order valence-electron chi connectivity index (χ0n) is 13.8. The van der Waals surface area contributed by atoms with Gasteiger partial charge in [0.2, 0.25) is 0 Å². The topological polar surface area (TPSA) is 45.2 Å². The smallest absolute Gasteiger partial charge is 0.131 e. The second kappa shape index (κ2) is 5.48. The number of rotatable bonds is 3. The lowest BCUT2D eigenvalue weighted by atomic mass is 9.64. The van der Waals surface area contributed by atoms with Crippen LogP contribution >= 0.6 is 0 Å². The molecule has 1 saturated carbocycles. The van der Waals surface area contributed by atoms with Gasteiger partial charge < -0.3 is 9.80 Å². The number of pyridine rings is 1. The quantitative estimate of drug-likeness (QED) is 0.872. The minimum absolute atomic E-state index is 0.470. The molecule has 0 aromatic carbocycles. The summed E-state index contributed by atoms with van der Waals surface area (Å²) in [5.74, 6) is 2.16. The van der Waals surface area contributed by atoms with Crippen molar-refractivity contribution in [2.75, 3.05) is 29.9 Å². The summed E-state index contributed by atoms with van der Waals surface area (Å²) in [6.45, 7) is 4.32. The van der Waals surface area contributed by atoms with Crippen LogP contribution in [0.3, 0.4) is 0 Å². The van der Waals surface area contributed by atoms with Gasteiger partial charge in [0.25, 0.3) is 0 Å². The number of aromatic nitrogens is 3. The third-order valence-electron chi connectivity index (χ3n) is 5.45. The second-order valence-electron chi connectivity index (χ2n) is 7.05. The number of nitrogens with zero attached hydrogens (tertiary/aromatic N) is 5. The van der Waals surface area contributed by atoms with Crippen LogP contribution in [0.5, 0.6) is 0 Å². The van der Waals surface area contributed by atoms with Gasteiger partial charge in [-0.1, -0.05) is 6.07 Å². The van der Waals surface area contributed by atoms with E-state index < -0.39 is 0 Å². The molecule has 2 aromatic rings. The van der Waals surface area contributed by atoms with Crippen molar-refractivity contribution in [3.8, 4) is 0 Å². The van der Waals surface area contributed by atoms with Gasteiger partial charge in [-0.15, -0.1) is 0 Å². The molecule has 120 valence electrons. The Hall–Kier alpha value is -2.17. The average molecular weight is 309 g/mol. The molecule has 0 bridgehead atoms. The van der Waals surface area contributed by atoms with Crippen LogP contribution in [0, 0.1) is 12.3 Å². The molecular weight excluding hydrogens is 286 g/mol. The molecule has 3 heterocycles. The fraction of sp³-hybridized carbons (Fsp3) is 0.500.